The average Bonchev–Trinajstić information content (AvgIpc) is 2.60. The van der Waals surface area contributed by atoms with Crippen LogP contribution in [-0.4, -0.2) is 23.9 Å². The number of hydrogen-bond donors (Lipinski definition) is 1. The van der Waals surface area contributed by atoms with E-state index in [0.29, 0.717) is 6.04 Å². The van der Waals surface area contributed by atoms with Crippen molar-refractivity contribution in [2.75, 3.05) is 18.6 Å². The predicted molar refractivity (Wildman–Crippen MR) is 43.0 cm³/mol. The Bertz CT molecular complexity index is 202. The van der Waals surface area contributed by atoms with Gasteiger partial charge in [0.05, 0.1) is 12.6 Å². The smallest absolute Gasteiger partial charge is 0.0684 e. The molecule has 3 nitrogen and oxygen atoms in total. The van der Waals surface area contributed by atoms with Gasteiger partial charge in [0.2, 0.25) is 0 Å². The van der Waals surface area contributed by atoms with E-state index in [9.17, 15) is 0 Å². The van der Waals surface area contributed by atoms with Crippen molar-refractivity contribution in [1.29, 1.82) is 0 Å². The van der Waals surface area contributed by atoms with Gasteiger partial charge in [0.1, 0.15) is 0 Å². The summed E-state index contributed by atoms with van der Waals surface area (Å²) in [5.41, 5.74) is 3.31. The Morgan fingerprint density at radius 3 is 2.82 bits per heavy atom. The minimum absolute atomic E-state index is 0.488. The molecule has 60 valence electrons. The molecular weight excluding hydrogens is 140 g/mol. The highest BCUT2D eigenvalue weighted by molar-refractivity contribution is 4.96. The molecule has 0 aliphatic carbocycles. The molecule has 1 aliphatic heterocycles. The van der Waals surface area contributed by atoms with Crippen LogP contribution in [0.25, 0.3) is 0 Å². The number of hydrogen-bond acceptors (Lipinski definition) is 2. The monoisotopic (exact) mass is 152 g/mol. The van der Waals surface area contributed by atoms with Gasteiger partial charge in [0.25, 0.3) is 0 Å². The first-order chi connectivity index (χ1) is 5.45. The van der Waals surface area contributed by atoms with Crippen molar-refractivity contribution < 1.29 is 4.74 Å². The summed E-state index contributed by atoms with van der Waals surface area (Å²) in [5, 5.41) is 0. The first-order valence-corrected chi connectivity index (χ1v) is 3.92. The van der Waals surface area contributed by atoms with E-state index in [-0.39, 0.29) is 0 Å². The molecule has 0 spiro atoms. The maximum Gasteiger partial charge on any atom is 0.0684 e. The maximum absolute atomic E-state index is 5.23. The SMILES string of the molecule is c1ccn(NC2CCOC2)c1. The summed E-state index contributed by atoms with van der Waals surface area (Å²) in [6, 6.07) is 4.49. The molecule has 0 radical (unpaired) electrons. The Hall–Kier alpha value is -0.960. The molecule has 1 N–H and O–H groups in total. The molecule has 0 aromatic carbocycles. The molecule has 1 aliphatic rings. The van der Waals surface area contributed by atoms with Gasteiger partial charge in [-0.25, -0.2) is 0 Å². The quantitative estimate of drug-likeness (QED) is 0.679. The normalized spacial score (nSPS) is 23.8. The summed E-state index contributed by atoms with van der Waals surface area (Å²) in [6.07, 6.45) is 5.11. The lowest BCUT2D eigenvalue weighted by molar-refractivity contribution is 0.194. The zero-order valence-electron chi connectivity index (χ0n) is 6.36. The molecule has 11 heavy (non-hydrogen) atoms. The van der Waals surface area contributed by atoms with Crippen molar-refractivity contribution >= 4 is 0 Å². The van der Waals surface area contributed by atoms with Crippen LogP contribution in [0.2, 0.25) is 0 Å². The fourth-order valence-corrected chi connectivity index (χ4v) is 1.27. The van der Waals surface area contributed by atoms with Crippen LogP contribution in [-0.2, 0) is 4.74 Å². The van der Waals surface area contributed by atoms with Crippen LogP contribution in [0.15, 0.2) is 24.5 Å². The lowest BCUT2D eigenvalue weighted by Gasteiger charge is -2.12. The summed E-state index contributed by atoms with van der Waals surface area (Å²) < 4.78 is 7.20. The van der Waals surface area contributed by atoms with Crippen molar-refractivity contribution in [2.45, 2.75) is 12.5 Å². The van der Waals surface area contributed by atoms with Crippen molar-refractivity contribution in [1.82, 2.24) is 4.68 Å². The average molecular weight is 152 g/mol. The van der Waals surface area contributed by atoms with E-state index in [2.05, 4.69) is 5.43 Å². The highest BCUT2D eigenvalue weighted by atomic mass is 16.5. The highest BCUT2D eigenvalue weighted by Crippen LogP contribution is 2.04. The van der Waals surface area contributed by atoms with E-state index in [0.717, 1.165) is 19.6 Å². The summed E-state index contributed by atoms with van der Waals surface area (Å²) in [7, 11) is 0. The third-order valence-corrected chi connectivity index (χ3v) is 1.87. The first-order valence-electron chi connectivity index (χ1n) is 3.92. The zero-order chi connectivity index (χ0) is 7.52. The van der Waals surface area contributed by atoms with Gasteiger partial charge in [0, 0.05) is 19.0 Å². The minimum atomic E-state index is 0.488. The molecule has 1 aromatic heterocycles. The van der Waals surface area contributed by atoms with Gasteiger partial charge in [0.15, 0.2) is 0 Å². The second-order valence-corrected chi connectivity index (χ2v) is 2.78. The van der Waals surface area contributed by atoms with E-state index < -0.39 is 0 Å². The third kappa shape index (κ3) is 1.54. The number of ether oxygens (including phenoxy) is 1. The van der Waals surface area contributed by atoms with Crippen molar-refractivity contribution in [3.8, 4) is 0 Å². The summed E-state index contributed by atoms with van der Waals surface area (Å²) in [5.74, 6) is 0. The third-order valence-electron chi connectivity index (χ3n) is 1.87. The molecule has 3 heteroatoms. The highest BCUT2D eigenvalue weighted by Gasteiger charge is 2.14. The first kappa shape index (κ1) is 6.73. The van der Waals surface area contributed by atoms with E-state index >= 15 is 0 Å². The molecule has 0 bridgehead atoms. The summed E-state index contributed by atoms with van der Waals surface area (Å²) in [4.78, 5) is 0. The molecule has 0 amide bonds. The topological polar surface area (TPSA) is 26.2 Å². The van der Waals surface area contributed by atoms with Gasteiger partial charge in [-0.05, 0) is 18.6 Å². The van der Waals surface area contributed by atoms with Gasteiger partial charge >= 0.3 is 0 Å². The molecule has 1 aromatic rings. The van der Waals surface area contributed by atoms with Crippen LogP contribution in [0, 0.1) is 0 Å². The van der Waals surface area contributed by atoms with Crippen molar-refractivity contribution in [2.24, 2.45) is 0 Å². The standard InChI is InChI=1S/C8H12N2O/c1-2-5-10(4-1)9-8-3-6-11-7-8/h1-2,4-5,8-9H,3,6-7H2. The fourth-order valence-electron chi connectivity index (χ4n) is 1.27. The fraction of sp³-hybridized carbons (Fsp3) is 0.500. The van der Waals surface area contributed by atoms with Gasteiger partial charge in [-0.15, -0.1) is 0 Å². The van der Waals surface area contributed by atoms with Crippen LogP contribution in [0.4, 0.5) is 0 Å². The van der Waals surface area contributed by atoms with Crippen LogP contribution >= 0.6 is 0 Å². The largest absolute Gasteiger partial charge is 0.379 e. The zero-order valence-corrected chi connectivity index (χ0v) is 6.36. The number of aromatic nitrogens is 1. The van der Waals surface area contributed by atoms with Crippen LogP contribution in [0.3, 0.4) is 0 Å². The van der Waals surface area contributed by atoms with Gasteiger partial charge < -0.3 is 10.2 Å². The Balaban J connectivity index is 1.90. The van der Waals surface area contributed by atoms with Crippen molar-refractivity contribution in [3.05, 3.63) is 24.5 Å². The Labute approximate surface area is 65.9 Å². The second-order valence-electron chi connectivity index (χ2n) is 2.78. The van der Waals surface area contributed by atoms with Crippen LogP contribution in [0.5, 0.6) is 0 Å². The molecule has 2 rings (SSSR count). The Kier molecular flexibility index (Phi) is 1.81. The maximum atomic E-state index is 5.23. The van der Waals surface area contributed by atoms with Crippen molar-refractivity contribution in [3.63, 3.8) is 0 Å². The number of nitrogens with zero attached hydrogens (tertiary/aromatic N) is 1. The lowest BCUT2D eigenvalue weighted by Crippen LogP contribution is -2.26. The lowest BCUT2D eigenvalue weighted by atomic mass is 10.3. The molecule has 2 heterocycles. The number of rotatable bonds is 2. The molecule has 1 fully saturated rings. The van der Waals surface area contributed by atoms with Crippen LogP contribution in [0.1, 0.15) is 6.42 Å². The number of nitrogens with one attached hydrogen (secondary N) is 1. The van der Waals surface area contributed by atoms with E-state index in [1.807, 2.05) is 29.2 Å². The minimum Gasteiger partial charge on any atom is -0.379 e. The molecule has 0 saturated carbocycles. The molecule has 1 saturated heterocycles. The Morgan fingerprint density at radius 2 is 2.18 bits per heavy atom. The van der Waals surface area contributed by atoms with E-state index in [4.69, 9.17) is 4.74 Å². The van der Waals surface area contributed by atoms with Crippen LogP contribution < -0.4 is 5.43 Å². The van der Waals surface area contributed by atoms with Gasteiger partial charge in [-0.2, -0.15) is 0 Å². The molecular formula is C8H12N2O. The molecule has 1 unspecified atom stereocenters. The van der Waals surface area contributed by atoms with Gasteiger partial charge in [-0.1, -0.05) is 0 Å². The molecule has 1 atom stereocenters. The van der Waals surface area contributed by atoms with E-state index in [1.54, 1.807) is 0 Å². The van der Waals surface area contributed by atoms with Gasteiger partial charge in [-0.3, -0.25) is 4.68 Å². The summed E-state index contributed by atoms with van der Waals surface area (Å²) >= 11 is 0. The van der Waals surface area contributed by atoms with E-state index in [1.165, 1.54) is 0 Å². The predicted octanol–water partition coefficient (Wildman–Crippen LogP) is 0.820. The second kappa shape index (κ2) is 2.96. The Morgan fingerprint density at radius 1 is 1.36 bits per heavy atom. The summed E-state index contributed by atoms with van der Waals surface area (Å²) in [6.45, 7) is 1.72.